The summed E-state index contributed by atoms with van der Waals surface area (Å²) in [7, 11) is 0. The molecule has 2 rings (SSSR count). The zero-order valence-corrected chi connectivity index (χ0v) is 13.8. The summed E-state index contributed by atoms with van der Waals surface area (Å²) in [6.07, 6.45) is 3.39. The van der Waals surface area contributed by atoms with Crippen LogP contribution in [0.5, 0.6) is 5.75 Å². The highest BCUT2D eigenvalue weighted by Crippen LogP contribution is 2.18. The van der Waals surface area contributed by atoms with E-state index in [4.69, 9.17) is 4.74 Å². The Hall–Kier alpha value is -1.55. The van der Waals surface area contributed by atoms with Gasteiger partial charge in [-0.25, -0.2) is 0 Å². The first-order valence-electron chi connectivity index (χ1n) is 8.36. The first-order valence-corrected chi connectivity index (χ1v) is 8.36. The van der Waals surface area contributed by atoms with Gasteiger partial charge in [-0.15, -0.1) is 0 Å². The van der Waals surface area contributed by atoms with E-state index in [2.05, 4.69) is 25.2 Å². The fourth-order valence-corrected chi connectivity index (χ4v) is 2.60. The molecule has 122 valence electrons. The normalized spacial score (nSPS) is 14.6. The Kier molecular flexibility index (Phi) is 6.72. The minimum absolute atomic E-state index is 0.0973. The smallest absolute Gasteiger partial charge is 0.260 e. The summed E-state index contributed by atoms with van der Waals surface area (Å²) in [4.78, 5) is 13.9. The van der Waals surface area contributed by atoms with Crippen LogP contribution in [0.15, 0.2) is 24.3 Å². The van der Waals surface area contributed by atoms with Gasteiger partial charge in [0.25, 0.3) is 5.91 Å². The van der Waals surface area contributed by atoms with E-state index in [0.717, 1.165) is 56.8 Å². The first-order chi connectivity index (χ1) is 10.7. The zero-order valence-electron chi connectivity index (χ0n) is 13.8. The van der Waals surface area contributed by atoms with Crippen molar-refractivity contribution < 1.29 is 9.53 Å². The highest BCUT2D eigenvalue weighted by atomic mass is 16.5. The van der Waals surface area contributed by atoms with Crippen LogP contribution < -0.4 is 10.1 Å². The van der Waals surface area contributed by atoms with Gasteiger partial charge < -0.3 is 15.0 Å². The lowest BCUT2D eigenvalue weighted by Gasteiger charge is -2.17. The van der Waals surface area contributed by atoms with Crippen molar-refractivity contribution >= 4 is 5.91 Å². The Bertz CT molecular complexity index is 468. The number of benzene rings is 1. The van der Waals surface area contributed by atoms with Crippen LogP contribution in [0.2, 0.25) is 0 Å². The maximum absolute atomic E-state index is 12.1. The number of hydrogen-bond acceptors (Lipinski definition) is 3. The lowest BCUT2D eigenvalue weighted by atomic mass is 10.1. The van der Waals surface area contributed by atoms with Crippen molar-refractivity contribution in [3.63, 3.8) is 0 Å². The quantitative estimate of drug-likeness (QED) is 0.751. The minimum Gasteiger partial charge on any atom is -0.483 e. The van der Waals surface area contributed by atoms with E-state index >= 15 is 0 Å². The second-order valence-corrected chi connectivity index (χ2v) is 6.34. The molecule has 1 aromatic carbocycles. The molecular weight excluding hydrogens is 276 g/mol. The number of nitrogens with zero attached hydrogens (tertiary/aromatic N) is 1. The van der Waals surface area contributed by atoms with E-state index in [0.29, 0.717) is 5.92 Å². The molecule has 4 heteroatoms. The monoisotopic (exact) mass is 304 g/mol. The van der Waals surface area contributed by atoms with E-state index in [1.54, 1.807) is 0 Å². The molecule has 1 amide bonds. The first kappa shape index (κ1) is 16.8. The molecule has 0 atom stereocenters. The molecule has 0 saturated carbocycles. The third-order valence-electron chi connectivity index (χ3n) is 4.00. The standard InChI is InChI=1S/C18H28N2O2/c1-15(2)9-10-19-13-16-7-3-4-8-17(16)22-14-18(21)20-11-5-6-12-20/h3-4,7-8,15,19H,5-6,9-14H2,1-2H3. The van der Waals surface area contributed by atoms with Gasteiger partial charge in [0.1, 0.15) is 5.75 Å². The molecule has 0 radical (unpaired) electrons. The predicted octanol–water partition coefficient (Wildman–Crippen LogP) is 2.82. The fraction of sp³-hybridized carbons (Fsp3) is 0.611. The molecule has 4 nitrogen and oxygen atoms in total. The molecule has 1 fully saturated rings. The average molecular weight is 304 g/mol. The molecule has 1 aliphatic rings. The number of likely N-dealkylation sites (tertiary alicyclic amines) is 1. The predicted molar refractivity (Wildman–Crippen MR) is 88.9 cm³/mol. The van der Waals surface area contributed by atoms with Gasteiger partial charge in [-0.3, -0.25) is 4.79 Å². The van der Waals surface area contributed by atoms with Crippen molar-refractivity contribution in [1.29, 1.82) is 0 Å². The molecule has 1 saturated heterocycles. The van der Waals surface area contributed by atoms with Crippen molar-refractivity contribution in [3.8, 4) is 5.75 Å². The summed E-state index contributed by atoms with van der Waals surface area (Å²) in [6.45, 7) is 8.12. The van der Waals surface area contributed by atoms with E-state index in [-0.39, 0.29) is 12.5 Å². The van der Waals surface area contributed by atoms with E-state index in [9.17, 15) is 4.79 Å². The Balaban J connectivity index is 1.81. The summed E-state index contributed by atoms with van der Waals surface area (Å²) in [6, 6.07) is 7.96. The highest BCUT2D eigenvalue weighted by molar-refractivity contribution is 5.78. The number of carbonyl (C=O) groups is 1. The summed E-state index contributed by atoms with van der Waals surface area (Å²) in [5, 5.41) is 3.44. The minimum atomic E-state index is 0.0973. The van der Waals surface area contributed by atoms with Gasteiger partial charge in [0.05, 0.1) is 0 Å². The number of para-hydroxylation sites is 1. The Labute approximate surface area is 133 Å². The lowest BCUT2D eigenvalue weighted by molar-refractivity contribution is -0.132. The summed E-state index contributed by atoms with van der Waals surface area (Å²) in [5.74, 6) is 1.62. The topological polar surface area (TPSA) is 41.6 Å². The third-order valence-corrected chi connectivity index (χ3v) is 4.00. The van der Waals surface area contributed by atoms with Gasteiger partial charge in [0.15, 0.2) is 6.61 Å². The molecule has 0 aliphatic carbocycles. The summed E-state index contributed by atoms with van der Waals surface area (Å²) < 4.78 is 5.76. The van der Waals surface area contributed by atoms with Crippen molar-refractivity contribution in [2.24, 2.45) is 5.92 Å². The largest absolute Gasteiger partial charge is 0.483 e. The number of hydrogen-bond donors (Lipinski definition) is 1. The van der Waals surface area contributed by atoms with Gasteiger partial charge in [0.2, 0.25) is 0 Å². The van der Waals surface area contributed by atoms with Crippen LogP contribution in [0.4, 0.5) is 0 Å². The maximum atomic E-state index is 12.1. The number of amides is 1. The van der Waals surface area contributed by atoms with Gasteiger partial charge in [-0.2, -0.15) is 0 Å². The Morgan fingerprint density at radius 3 is 2.73 bits per heavy atom. The molecule has 1 aliphatic heterocycles. The van der Waals surface area contributed by atoms with Crippen LogP contribution in [0.1, 0.15) is 38.7 Å². The second kappa shape index (κ2) is 8.79. The van der Waals surface area contributed by atoms with Crippen molar-refractivity contribution in [2.45, 2.75) is 39.7 Å². The summed E-state index contributed by atoms with van der Waals surface area (Å²) >= 11 is 0. The van der Waals surface area contributed by atoms with Crippen LogP contribution in [0.25, 0.3) is 0 Å². The average Bonchev–Trinajstić information content (AvgIpc) is 3.04. The van der Waals surface area contributed by atoms with Gasteiger partial charge in [-0.05, 0) is 37.8 Å². The van der Waals surface area contributed by atoms with Crippen LogP contribution in [0.3, 0.4) is 0 Å². The van der Waals surface area contributed by atoms with Crippen molar-refractivity contribution in [3.05, 3.63) is 29.8 Å². The van der Waals surface area contributed by atoms with Crippen molar-refractivity contribution in [2.75, 3.05) is 26.2 Å². The van der Waals surface area contributed by atoms with Crippen LogP contribution in [0, 0.1) is 5.92 Å². The summed E-state index contributed by atoms with van der Waals surface area (Å²) in [5.41, 5.74) is 1.11. The van der Waals surface area contributed by atoms with E-state index < -0.39 is 0 Å². The van der Waals surface area contributed by atoms with Crippen molar-refractivity contribution in [1.82, 2.24) is 10.2 Å². The molecule has 22 heavy (non-hydrogen) atoms. The van der Waals surface area contributed by atoms with Crippen LogP contribution >= 0.6 is 0 Å². The number of ether oxygens (including phenoxy) is 1. The maximum Gasteiger partial charge on any atom is 0.260 e. The second-order valence-electron chi connectivity index (χ2n) is 6.34. The molecule has 0 aromatic heterocycles. The van der Waals surface area contributed by atoms with Gasteiger partial charge in [-0.1, -0.05) is 32.0 Å². The zero-order chi connectivity index (χ0) is 15.8. The number of rotatable bonds is 8. The molecule has 1 N–H and O–H groups in total. The van der Waals surface area contributed by atoms with E-state index in [1.165, 1.54) is 0 Å². The van der Waals surface area contributed by atoms with Crippen LogP contribution in [-0.4, -0.2) is 37.0 Å². The lowest BCUT2D eigenvalue weighted by Crippen LogP contribution is -2.32. The van der Waals surface area contributed by atoms with Crippen LogP contribution in [-0.2, 0) is 11.3 Å². The molecule has 0 bridgehead atoms. The Morgan fingerprint density at radius 1 is 1.27 bits per heavy atom. The third kappa shape index (κ3) is 5.34. The SMILES string of the molecule is CC(C)CCNCc1ccccc1OCC(=O)N1CCCC1. The molecular formula is C18H28N2O2. The van der Waals surface area contributed by atoms with Gasteiger partial charge in [0, 0.05) is 25.2 Å². The number of carbonyl (C=O) groups excluding carboxylic acids is 1. The number of nitrogens with one attached hydrogen (secondary N) is 1. The van der Waals surface area contributed by atoms with Gasteiger partial charge >= 0.3 is 0 Å². The van der Waals surface area contributed by atoms with E-state index in [1.807, 2.05) is 23.1 Å². The molecule has 1 heterocycles. The molecule has 0 spiro atoms. The molecule has 0 unspecified atom stereocenters. The Morgan fingerprint density at radius 2 is 2.00 bits per heavy atom. The molecule has 1 aromatic rings. The highest BCUT2D eigenvalue weighted by Gasteiger charge is 2.18. The fourth-order valence-electron chi connectivity index (χ4n) is 2.60.